The Morgan fingerprint density at radius 2 is 1.68 bits per heavy atom. The standard InChI is InChI=1S/C27H22FN5O/c1-17-11-21(7-8-29-17)25-13-19-6-10-31-27(23(19)16-32-25)33-15-18-3-4-22(24(28)12-18)20-5-9-30-26(14-20)34-2/h3-14,16H,15H2,1-2H3,(H,31,33). The maximum Gasteiger partial charge on any atom is 0.213 e. The minimum Gasteiger partial charge on any atom is -0.481 e. The van der Waals surface area contributed by atoms with Crippen LogP contribution in [-0.2, 0) is 6.54 Å². The SMILES string of the molecule is COc1cc(-c2ccc(CNc3nccc4cc(-c5ccnc(C)c5)ncc34)cc2F)ccn1. The second-order valence-corrected chi connectivity index (χ2v) is 7.89. The van der Waals surface area contributed by atoms with Crippen molar-refractivity contribution >= 4 is 16.6 Å². The van der Waals surface area contributed by atoms with Crippen LogP contribution in [0.3, 0.4) is 0 Å². The summed E-state index contributed by atoms with van der Waals surface area (Å²) in [6.07, 6.45) is 6.96. The van der Waals surface area contributed by atoms with E-state index in [9.17, 15) is 4.39 Å². The van der Waals surface area contributed by atoms with Crippen LogP contribution in [0.25, 0.3) is 33.2 Å². The molecular formula is C27H22FN5O. The summed E-state index contributed by atoms with van der Waals surface area (Å²) >= 11 is 0. The van der Waals surface area contributed by atoms with Gasteiger partial charge in [-0.15, -0.1) is 0 Å². The molecule has 168 valence electrons. The highest BCUT2D eigenvalue weighted by atomic mass is 19.1. The molecule has 0 aliphatic heterocycles. The van der Waals surface area contributed by atoms with Crippen molar-refractivity contribution in [3.63, 3.8) is 0 Å². The molecule has 34 heavy (non-hydrogen) atoms. The number of halogens is 1. The number of nitrogens with zero attached hydrogens (tertiary/aromatic N) is 4. The molecule has 0 unspecified atom stereocenters. The van der Waals surface area contributed by atoms with E-state index in [0.29, 0.717) is 29.4 Å². The number of anilines is 1. The first kappa shape index (κ1) is 21.5. The number of pyridine rings is 4. The van der Waals surface area contributed by atoms with Crippen molar-refractivity contribution in [3.8, 4) is 28.3 Å². The summed E-state index contributed by atoms with van der Waals surface area (Å²) in [6.45, 7) is 2.38. The summed E-state index contributed by atoms with van der Waals surface area (Å²) in [6, 6.07) is 16.6. The lowest BCUT2D eigenvalue weighted by Gasteiger charge is -2.11. The fraction of sp³-hybridized carbons (Fsp3) is 0.111. The number of ether oxygens (including phenoxy) is 1. The molecule has 0 radical (unpaired) electrons. The number of fused-ring (bicyclic) bond motifs is 1. The molecule has 5 rings (SSSR count). The number of hydrogen-bond acceptors (Lipinski definition) is 6. The lowest BCUT2D eigenvalue weighted by atomic mass is 10.0. The van der Waals surface area contributed by atoms with Gasteiger partial charge in [-0.05, 0) is 59.8 Å². The number of nitrogens with one attached hydrogen (secondary N) is 1. The molecule has 6 nitrogen and oxygen atoms in total. The van der Waals surface area contributed by atoms with Crippen molar-refractivity contribution < 1.29 is 9.13 Å². The topological polar surface area (TPSA) is 72.8 Å². The summed E-state index contributed by atoms with van der Waals surface area (Å²) in [7, 11) is 1.54. The maximum absolute atomic E-state index is 14.9. The molecule has 0 bridgehead atoms. The van der Waals surface area contributed by atoms with Crippen LogP contribution < -0.4 is 10.1 Å². The average Bonchev–Trinajstić information content (AvgIpc) is 2.87. The third-order valence-corrected chi connectivity index (χ3v) is 5.59. The maximum atomic E-state index is 14.9. The van der Waals surface area contributed by atoms with Crippen LogP contribution in [0.4, 0.5) is 10.2 Å². The van der Waals surface area contributed by atoms with Gasteiger partial charge in [0.25, 0.3) is 0 Å². The Kier molecular flexibility index (Phi) is 5.82. The molecule has 0 amide bonds. The number of rotatable bonds is 6. The van der Waals surface area contributed by atoms with Gasteiger partial charge in [-0.1, -0.05) is 12.1 Å². The van der Waals surface area contributed by atoms with Crippen molar-refractivity contribution in [3.05, 3.63) is 96.5 Å². The molecule has 0 aliphatic carbocycles. The summed E-state index contributed by atoms with van der Waals surface area (Å²) in [4.78, 5) is 17.4. The van der Waals surface area contributed by atoms with Gasteiger partial charge in [-0.3, -0.25) is 9.97 Å². The highest BCUT2D eigenvalue weighted by molar-refractivity contribution is 5.93. The van der Waals surface area contributed by atoms with E-state index in [-0.39, 0.29) is 5.82 Å². The molecule has 0 aliphatic rings. The molecule has 1 N–H and O–H groups in total. The molecule has 4 heterocycles. The van der Waals surface area contributed by atoms with Gasteiger partial charge in [0.15, 0.2) is 0 Å². The molecule has 5 aromatic rings. The molecule has 0 fully saturated rings. The zero-order valence-electron chi connectivity index (χ0n) is 18.8. The van der Waals surface area contributed by atoms with Crippen LogP contribution in [-0.4, -0.2) is 27.0 Å². The van der Waals surface area contributed by atoms with Gasteiger partial charge in [0.2, 0.25) is 5.88 Å². The fourth-order valence-electron chi connectivity index (χ4n) is 3.85. The highest BCUT2D eigenvalue weighted by Gasteiger charge is 2.10. The number of aromatic nitrogens is 4. The van der Waals surface area contributed by atoms with Crippen LogP contribution in [0, 0.1) is 12.7 Å². The van der Waals surface area contributed by atoms with E-state index in [1.807, 2.05) is 43.5 Å². The van der Waals surface area contributed by atoms with E-state index in [1.165, 1.54) is 13.2 Å². The third-order valence-electron chi connectivity index (χ3n) is 5.59. The summed E-state index contributed by atoms with van der Waals surface area (Å²) < 4.78 is 20.0. The van der Waals surface area contributed by atoms with E-state index in [4.69, 9.17) is 4.74 Å². The largest absolute Gasteiger partial charge is 0.481 e. The van der Waals surface area contributed by atoms with Gasteiger partial charge in [-0.2, -0.15) is 0 Å². The van der Waals surface area contributed by atoms with Crippen molar-refractivity contribution in [2.24, 2.45) is 0 Å². The average molecular weight is 452 g/mol. The number of benzene rings is 1. The Morgan fingerprint density at radius 1 is 0.853 bits per heavy atom. The van der Waals surface area contributed by atoms with Crippen LogP contribution in [0.5, 0.6) is 5.88 Å². The Balaban J connectivity index is 1.37. The lowest BCUT2D eigenvalue weighted by Crippen LogP contribution is -2.03. The number of hydrogen-bond donors (Lipinski definition) is 1. The minimum atomic E-state index is -0.308. The van der Waals surface area contributed by atoms with Gasteiger partial charge in [0.05, 0.1) is 12.8 Å². The quantitative estimate of drug-likeness (QED) is 0.351. The van der Waals surface area contributed by atoms with E-state index < -0.39 is 0 Å². The third kappa shape index (κ3) is 4.41. The highest BCUT2D eigenvalue weighted by Crippen LogP contribution is 2.28. The van der Waals surface area contributed by atoms with E-state index in [0.717, 1.165) is 33.3 Å². The molecule has 1 aromatic carbocycles. The van der Waals surface area contributed by atoms with Crippen molar-refractivity contribution in [1.29, 1.82) is 0 Å². The number of aryl methyl sites for hydroxylation is 1. The Hall–Kier alpha value is -4.39. The van der Waals surface area contributed by atoms with Gasteiger partial charge in [0, 0.05) is 59.6 Å². The first-order chi connectivity index (χ1) is 16.6. The Morgan fingerprint density at radius 3 is 2.50 bits per heavy atom. The molecular weight excluding hydrogens is 429 g/mol. The molecule has 0 spiro atoms. The summed E-state index contributed by atoms with van der Waals surface area (Å²) in [5.41, 5.74) is 4.85. The molecule has 4 aromatic heterocycles. The van der Waals surface area contributed by atoms with Gasteiger partial charge in [0.1, 0.15) is 11.6 Å². The molecule has 0 saturated heterocycles. The van der Waals surface area contributed by atoms with Crippen molar-refractivity contribution in [2.45, 2.75) is 13.5 Å². The normalized spacial score (nSPS) is 10.9. The van der Waals surface area contributed by atoms with Crippen molar-refractivity contribution in [2.75, 3.05) is 12.4 Å². The summed E-state index contributed by atoms with van der Waals surface area (Å²) in [5.74, 6) is 0.837. The fourth-order valence-corrected chi connectivity index (χ4v) is 3.85. The van der Waals surface area contributed by atoms with Crippen LogP contribution in [0.15, 0.2) is 79.4 Å². The summed E-state index contributed by atoms with van der Waals surface area (Å²) in [5, 5.41) is 5.24. The second kappa shape index (κ2) is 9.23. The van der Waals surface area contributed by atoms with Gasteiger partial charge >= 0.3 is 0 Å². The van der Waals surface area contributed by atoms with Gasteiger partial charge in [-0.25, -0.2) is 14.4 Å². The smallest absolute Gasteiger partial charge is 0.213 e. The molecule has 0 saturated carbocycles. The van der Waals surface area contributed by atoms with E-state index in [2.05, 4.69) is 25.3 Å². The number of methoxy groups -OCH3 is 1. The van der Waals surface area contributed by atoms with Crippen LogP contribution in [0.2, 0.25) is 0 Å². The first-order valence-electron chi connectivity index (χ1n) is 10.8. The van der Waals surface area contributed by atoms with Crippen LogP contribution in [0.1, 0.15) is 11.3 Å². The Bertz CT molecular complexity index is 1490. The lowest BCUT2D eigenvalue weighted by molar-refractivity contribution is 0.398. The second-order valence-electron chi connectivity index (χ2n) is 7.89. The predicted molar refractivity (Wildman–Crippen MR) is 131 cm³/mol. The Labute approximate surface area is 196 Å². The van der Waals surface area contributed by atoms with Gasteiger partial charge < -0.3 is 10.1 Å². The van der Waals surface area contributed by atoms with E-state index in [1.54, 1.807) is 36.8 Å². The predicted octanol–water partition coefficient (Wildman–Crippen LogP) is 5.82. The first-order valence-corrected chi connectivity index (χ1v) is 10.8. The zero-order chi connectivity index (χ0) is 23.5. The van der Waals surface area contributed by atoms with Crippen LogP contribution >= 0.6 is 0 Å². The minimum absolute atomic E-state index is 0.308. The van der Waals surface area contributed by atoms with E-state index >= 15 is 0 Å². The van der Waals surface area contributed by atoms with Crippen molar-refractivity contribution in [1.82, 2.24) is 19.9 Å². The molecule has 0 atom stereocenters. The molecule has 7 heteroatoms. The monoisotopic (exact) mass is 451 g/mol. The zero-order valence-corrected chi connectivity index (χ0v) is 18.8.